The first-order chi connectivity index (χ1) is 44.2. The van der Waals surface area contributed by atoms with E-state index in [1.54, 1.807) is 0 Å². The molecule has 3 saturated carbocycles. The van der Waals surface area contributed by atoms with E-state index < -0.39 is 5.97 Å². The second kappa shape index (κ2) is 38.9. The van der Waals surface area contributed by atoms with Gasteiger partial charge in [-0.1, -0.05) is 128 Å². The molecule has 1 aliphatic heterocycles. The van der Waals surface area contributed by atoms with E-state index in [4.69, 9.17) is 24.1 Å². The predicted octanol–water partition coefficient (Wildman–Crippen LogP) is 16.0. The average Bonchev–Trinajstić information content (AvgIpc) is 2.33. The number of aryl methyl sites for hydroxylation is 4. The number of piperidine rings is 1. The van der Waals surface area contributed by atoms with Crippen LogP contribution in [0.3, 0.4) is 0 Å². The highest BCUT2D eigenvalue weighted by Gasteiger charge is 2.23. The fraction of sp³-hybridized carbons (Fsp3) is 0.671. The molecule has 11 nitrogen and oxygen atoms in total. The third-order valence-electron chi connectivity index (χ3n) is 21.2. The Bertz CT molecular complexity index is 2720. The maximum absolute atomic E-state index is 11.4. The molecule has 90 heavy (non-hydrogen) atoms. The first-order valence-corrected chi connectivity index (χ1v) is 36.7. The lowest BCUT2D eigenvalue weighted by atomic mass is 9.86. The molecule has 4 fully saturated rings. The van der Waals surface area contributed by atoms with Gasteiger partial charge in [0.15, 0.2) is 0 Å². The molecule has 12 rings (SSSR count). The third kappa shape index (κ3) is 24.5. The highest BCUT2D eigenvalue weighted by Crippen LogP contribution is 2.33. The van der Waals surface area contributed by atoms with Crippen LogP contribution < -0.4 is 34.9 Å². The van der Waals surface area contributed by atoms with Crippen LogP contribution in [-0.4, -0.2) is 92.8 Å². The van der Waals surface area contributed by atoms with Crippen LogP contribution in [0.25, 0.3) is 0 Å². The molecule has 5 N–H and O–H groups in total. The average molecular weight is 1240 g/mol. The zero-order valence-electron chi connectivity index (χ0n) is 55.6. The molecule has 7 aliphatic carbocycles. The predicted molar refractivity (Wildman–Crippen MR) is 366 cm³/mol. The Labute approximate surface area is 543 Å². The summed E-state index contributed by atoms with van der Waals surface area (Å²) in [6.07, 6.45) is 45.3. The monoisotopic (exact) mass is 1240 g/mol. The Kier molecular flexibility index (Phi) is 30.0. The van der Waals surface area contributed by atoms with Crippen molar-refractivity contribution in [1.82, 2.24) is 16.0 Å². The summed E-state index contributed by atoms with van der Waals surface area (Å²) in [5, 5.41) is 28.6. The van der Waals surface area contributed by atoms with Crippen molar-refractivity contribution in [2.24, 2.45) is 23.7 Å². The van der Waals surface area contributed by atoms with Crippen molar-refractivity contribution in [3.63, 3.8) is 0 Å². The van der Waals surface area contributed by atoms with Crippen LogP contribution in [0, 0.1) is 23.7 Å². The van der Waals surface area contributed by atoms with Gasteiger partial charge >= 0.3 is 5.97 Å². The van der Waals surface area contributed by atoms with E-state index >= 15 is 0 Å². The van der Waals surface area contributed by atoms with E-state index in [-0.39, 0.29) is 18.7 Å². The topological polar surface area (TPSA) is 148 Å². The molecule has 4 aromatic carbocycles. The second-order valence-corrected chi connectivity index (χ2v) is 28.2. The number of rotatable bonds is 25. The summed E-state index contributed by atoms with van der Waals surface area (Å²) in [7, 11) is 0. The number of Topliss-reactive ketones (excluding diaryl/α,β-unsaturated/α-hetero) is 1. The number of ether oxygens (including phenoxy) is 4. The summed E-state index contributed by atoms with van der Waals surface area (Å²) in [6, 6.07) is 26.7. The highest BCUT2D eigenvalue weighted by molar-refractivity contribution is 5.83. The number of aliphatic hydroxyl groups is 1. The summed E-state index contributed by atoms with van der Waals surface area (Å²) >= 11 is 0. The maximum Gasteiger partial charge on any atom is 0.317 e. The van der Waals surface area contributed by atoms with E-state index in [1.807, 2.05) is 6.07 Å². The number of hydrogen-bond acceptors (Lipinski definition) is 10. The summed E-state index contributed by atoms with van der Waals surface area (Å²) in [6.45, 7) is 8.99. The summed E-state index contributed by atoms with van der Waals surface area (Å²) in [4.78, 5) is 22.1. The number of carbonyl (C=O) groups excluding carboxylic acids is 1. The number of ketones is 1. The molecule has 11 heteroatoms. The molecule has 496 valence electrons. The van der Waals surface area contributed by atoms with Crippen LogP contribution in [0.1, 0.15) is 238 Å². The molecule has 0 radical (unpaired) electrons. The summed E-state index contributed by atoms with van der Waals surface area (Å²) in [5.41, 5.74) is 10.8. The van der Waals surface area contributed by atoms with Crippen molar-refractivity contribution < 1.29 is 38.7 Å². The molecule has 3 unspecified atom stereocenters. The lowest BCUT2D eigenvalue weighted by Gasteiger charge is -2.25. The highest BCUT2D eigenvalue weighted by atomic mass is 16.5. The molecule has 0 spiro atoms. The van der Waals surface area contributed by atoms with Gasteiger partial charge in [-0.25, -0.2) is 0 Å². The lowest BCUT2D eigenvalue weighted by molar-refractivity contribution is -0.136. The van der Waals surface area contributed by atoms with Crippen molar-refractivity contribution in [1.29, 1.82) is 0 Å². The van der Waals surface area contributed by atoms with Crippen LogP contribution in [0.15, 0.2) is 72.8 Å². The van der Waals surface area contributed by atoms with Gasteiger partial charge in [0, 0.05) is 24.9 Å². The van der Waals surface area contributed by atoms with Crippen LogP contribution in [0.2, 0.25) is 0 Å². The zero-order chi connectivity index (χ0) is 62.4. The standard InChI is InChI=1S/C21H33NO.C20H30N2O3.C19H28O2.C19H26O2/c1-2-22-20-12-10-19-16-21(13-11-18(19)15-20)23-14-6-9-17-7-4-3-5-8-17;23-20(24)14-22-18-5-3-17-13-19(6-4-16(17)12-18)25-11-1-2-15-7-9-21-10-8-15;2*20-18-10-8-17-14-19(11-9-16(17)13-18)21-12-4-7-15-5-2-1-3-6-15/h11,13,16-17,20,22H,2-10,12,14-15H2,1H3;4,6,13,15,18,21-22H,1-3,5,7-12,14H2,(H,23,24);9,11,14-15,18,20H,1-8,10,12-13H2;9,11,14-15H,1-8,10,12-13H2. The summed E-state index contributed by atoms with van der Waals surface area (Å²) < 4.78 is 23.8. The SMILES string of the molecule is CCNC1CCc2cc(OCCCC3CCCCC3)ccc2C1.O=C(O)CNC1CCc2cc(OCCCC3CCNCC3)ccc2C1.O=C1CCc2cc(OCCCC3CCCCC3)ccc2C1.OC1CCc2cc(OCCCC3CCCCC3)ccc2C1. The quantitative estimate of drug-likeness (QED) is 0.0404. The van der Waals surface area contributed by atoms with Gasteiger partial charge in [0.25, 0.3) is 0 Å². The van der Waals surface area contributed by atoms with Gasteiger partial charge in [0.2, 0.25) is 0 Å². The number of nitrogens with one attached hydrogen (secondary N) is 3. The minimum Gasteiger partial charge on any atom is -0.494 e. The Morgan fingerprint density at radius 2 is 0.822 bits per heavy atom. The van der Waals surface area contributed by atoms with Crippen molar-refractivity contribution in [3.8, 4) is 23.0 Å². The van der Waals surface area contributed by atoms with Gasteiger partial charge in [-0.2, -0.15) is 0 Å². The van der Waals surface area contributed by atoms with E-state index in [1.165, 1.54) is 231 Å². The molecular formula is C79H117N3O8. The third-order valence-corrected chi connectivity index (χ3v) is 21.2. The minimum absolute atomic E-state index is 0.0399. The van der Waals surface area contributed by atoms with Gasteiger partial charge in [0.05, 0.1) is 39.1 Å². The number of hydrogen-bond donors (Lipinski definition) is 5. The molecule has 1 saturated heterocycles. The number of carbonyl (C=O) groups is 2. The lowest BCUT2D eigenvalue weighted by Crippen LogP contribution is -2.37. The number of aliphatic carboxylic acids is 1. The van der Waals surface area contributed by atoms with Crippen molar-refractivity contribution in [3.05, 3.63) is 117 Å². The number of fused-ring (bicyclic) bond motifs is 4. The first kappa shape index (κ1) is 69.4. The minimum atomic E-state index is -0.793. The smallest absolute Gasteiger partial charge is 0.317 e. The van der Waals surface area contributed by atoms with Gasteiger partial charge in [-0.3, -0.25) is 9.59 Å². The molecule has 0 amide bonds. The fourth-order valence-electron chi connectivity index (χ4n) is 15.8. The maximum atomic E-state index is 11.4. The second-order valence-electron chi connectivity index (χ2n) is 28.2. The fourth-order valence-corrected chi connectivity index (χ4v) is 15.8. The molecule has 8 aliphatic rings. The Hall–Kier alpha value is -4.94. The van der Waals surface area contributed by atoms with Crippen LogP contribution >= 0.6 is 0 Å². The van der Waals surface area contributed by atoms with E-state index in [0.717, 1.165) is 131 Å². The molecule has 3 atom stereocenters. The van der Waals surface area contributed by atoms with E-state index in [2.05, 4.69) is 89.6 Å². The number of likely N-dealkylation sites (N-methyl/N-ethyl adjacent to an activating group) is 1. The molecule has 4 aromatic rings. The summed E-state index contributed by atoms with van der Waals surface area (Å²) in [5.74, 6) is 7.34. The number of benzene rings is 4. The Morgan fingerprint density at radius 1 is 0.444 bits per heavy atom. The normalized spacial score (nSPS) is 21.2. The van der Waals surface area contributed by atoms with Gasteiger partial charge < -0.3 is 45.1 Å². The van der Waals surface area contributed by atoms with Crippen LogP contribution in [0.5, 0.6) is 23.0 Å². The number of carboxylic acid groups (broad SMARTS) is 1. The van der Waals surface area contributed by atoms with Crippen molar-refractivity contribution in [2.45, 2.75) is 263 Å². The zero-order valence-corrected chi connectivity index (χ0v) is 55.6. The molecule has 1 heterocycles. The first-order valence-electron chi connectivity index (χ1n) is 36.7. The Balaban J connectivity index is 0.000000143. The Morgan fingerprint density at radius 3 is 1.24 bits per heavy atom. The van der Waals surface area contributed by atoms with Crippen LogP contribution in [0.4, 0.5) is 0 Å². The molecular weight excluding hydrogens is 1120 g/mol. The number of carboxylic acids is 1. The van der Waals surface area contributed by atoms with Crippen LogP contribution in [-0.2, 0) is 61.0 Å². The molecule has 0 aromatic heterocycles. The van der Waals surface area contributed by atoms with Crippen molar-refractivity contribution >= 4 is 11.8 Å². The molecule has 0 bridgehead atoms. The largest absolute Gasteiger partial charge is 0.494 e. The van der Waals surface area contributed by atoms with Gasteiger partial charge in [-0.05, 0) is 265 Å². The van der Waals surface area contributed by atoms with E-state index in [9.17, 15) is 14.7 Å². The van der Waals surface area contributed by atoms with Gasteiger partial charge in [-0.15, -0.1) is 0 Å². The van der Waals surface area contributed by atoms with Crippen molar-refractivity contribution in [2.75, 3.05) is 52.6 Å². The number of aliphatic hydroxyl groups excluding tert-OH is 1. The van der Waals surface area contributed by atoms with E-state index in [0.29, 0.717) is 24.7 Å². The van der Waals surface area contributed by atoms with Gasteiger partial charge in [0.1, 0.15) is 28.8 Å².